The Morgan fingerprint density at radius 1 is 1.50 bits per heavy atom. The van der Waals surface area contributed by atoms with Crippen molar-refractivity contribution in [3.05, 3.63) is 24.0 Å². The smallest absolute Gasteiger partial charge is 0.241 e. The maximum atomic E-state index is 11.5. The van der Waals surface area contributed by atoms with Crippen LogP contribution in [0.15, 0.2) is 18.5 Å². The fourth-order valence-corrected chi connectivity index (χ4v) is 1.31. The Kier molecular flexibility index (Phi) is 4.55. The third kappa shape index (κ3) is 4.06. The van der Waals surface area contributed by atoms with E-state index in [2.05, 4.69) is 19.2 Å². The van der Waals surface area contributed by atoms with E-state index < -0.39 is 0 Å². The average molecular weight is 223 g/mol. The summed E-state index contributed by atoms with van der Waals surface area (Å²) in [6.07, 6.45) is 3.95. The van der Waals surface area contributed by atoms with Gasteiger partial charge in [0.1, 0.15) is 6.54 Å². The minimum atomic E-state index is 0.110. The Morgan fingerprint density at radius 3 is 2.75 bits per heavy atom. The number of nitrogens with zero attached hydrogens (tertiary/aromatic N) is 2. The first-order valence-electron chi connectivity index (χ1n) is 5.57. The number of hydrogen-bond acceptors (Lipinski definition) is 2. The van der Waals surface area contributed by atoms with E-state index in [0.717, 1.165) is 6.54 Å². The van der Waals surface area contributed by atoms with Crippen LogP contribution < -0.4 is 5.32 Å². The quantitative estimate of drug-likeness (QED) is 0.811. The second-order valence-corrected chi connectivity index (χ2v) is 4.52. The van der Waals surface area contributed by atoms with Gasteiger partial charge >= 0.3 is 0 Å². The molecule has 0 radical (unpaired) electrons. The van der Waals surface area contributed by atoms with Crippen molar-refractivity contribution in [1.82, 2.24) is 14.8 Å². The van der Waals surface area contributed by atoms with E-state index in [0.29, 0.717) is 12.6 Å². The molecular formula is C12H21N3O. The third-order valence-electron chi connectivity index (χ3n) is 2.34. The van der Waals surface area contributed by atoms with Gasteiger partial charge in [-0.3, -0.25) is 4.79 Å². The Morgan fingerprint density at radius 2 is 2.19 bits per heavy atom. The monoisotopic (exact) mass is 223 g/mol. The van der Waals surface area contributed by atoms with Crippen molar-refractivity contribution in [3.8, 4) is 0 Å². The fraction of sp³-hybridized carbons (Fsp3) is 0.583. The zero-order valence-electron chi connectivity index (χ0n) is 10.5. The van der Waals surface area contributed by atoms with Crippen LogP contribution in [0.5, 0.6) is 0 Å². The first-order valence-corrected chi connectivity index (χ1v) is 5.57. The molecule has 1 aromatic rings. The molecule has 0 aliphatic heterocycles. The van der Waals surface area contributed by atoms with Crippen molar-refractivity contribution in [3.63, 3.8) is 0 Å². The minimum Gasteiger partial charge on any atom is -0.347 e. The number of carbonyl (C=O) groups excluding carboxylic acids is 1. The van der Waals surface area contributed by atoms with E-state index in [4.69, 9.17) is 0 Å². The molecule has 4 nitrogen and oxygen atoms in total. The van der Waals surface area contributed by atoms with Crippen molar-refractivity contribution in [2.45, 2.75) is 33.0 Å². The Labute approximate surface area is 97.2 Å². The lowest BCUT2D eigenvalue weighted by atomic mass is 10.3. The number of rotatable bonds is 5. The zero-order valence-corrected chi connectivity index (χ0v) is 10.5. The molecule has 0 spiro atoms. The second-order valence-electron chi connectivity index (χ2n) is 4.52. The summed E-state index contributed by atoms with van der Waals surface area (Å²) in [6.45, 7) is 5.49. The number of nitrogens with one attached hydrogen (secondary N) is 1. The largest absolute Gasteiger partial charge is 0.347 e. The van der Waals surface area contributed by atoms with E-state index in [1.807, 2.05) is 23.0 Å². The summed E-state index contributed by atoms with van der Waals surface area (Å²) in [6, 6.07) is 2.52. The lowest BCUT2D eigenvalue weighted by Crippen LogP contribution is -2.25. The van der Waals surface area contributed by atoms with Crippen molar-refractivity contribution in [1.29, 1.82) is 0 Å². The van der Waals surface area contributed by atoms with Crippen LogP contribution in [0.1, 0.15) is 19.4 Å². The van der Waals surface area contributed by atoms with Crippen LogP contribution in [-0.2, 0) is 17.9 Å². The van der Waals surface area contributed by atoms with Crippen LogP contribution in [0.2, 0.25) is 0 Å². The molecule has 1 amide bonds. The lowest BCUT2D eigenvalue weighted by molar-refractivity contribution is -0.129. The molecule has 0 fully saturated rings. The molecule has 4 heteroatoms. The van der Waals surface area contributed by atoms with Gasteiger partial charge in [-0.25, -0.2) is 0 Å². The van der Waals surface area contributed by atoms with Crippen molar-refractivity contribution in [2.75, 3.05) is 14.1 Å². The topological polar surface area (TPSA) is 37.3 Å². The van der Waals surface area contributed by atoms with Gasteiger partial charge < -0.3 is 14.8 Å². The maximum Gasteiger partial charge on any atom is 0.241 e. The molecule has 0 aliphatic rings. The highest BCUT2D eigenvalue weighted by Gasteiger charge is 2.05. The summed E-state index contributed by atoms with van der Waals surface area (Å²) >= 11 is 0. The van der Waals surface area contributed by atoms with Gasteiger partial charge in [0.15, 0.2) is 0 Å². The molecular weight excluding hydrogens is 202 g/mol. The average Bonchev–Trinajstić information content (AvgIpc) is 2.62. The van der Waals surface area contributed by atoms with Crippen LogP contribution >= 0.6 is 0 Å². The van der Waals surface area contributed by atoms with Crippen LogP contribution in [0, 0.1) is 0 Å². The Hall–Kier alpha value is -1.29. The molecule has 1 N–H and O–H groups in total. The van der Waals surface area contributed by atoms with Gasteiger partial charge in [0.25, 0.3) is 0 Å². The molecule has 1 aromatic heterocycles. The summed E-state index contributed by atoms with van der Waals surface area (Å²) in [7, 11) is 3.54. The summed E-state index contributed by atoms with van der Waals surface area (Å²) in [5.74, 6) is 0.110. The van der Waals surface area contributed by atoms with E-state index >= 15 is 0 Å². The first-order chi connectivity index (χ1) is 7.49. The molecule has 0 saturated carbocycles. The van der Waals surface area contributed by atoms with E-state index in [-0.39, 0.29) is 5.91 Å². The highest BCUT2D eigenvalue weighted by molar-refractivity contribution is 5.75. The summed E-state index contributed by atoms with van der Waals surface area (Å²) in [5, 5.41) is 3.34. The molecule has 0 unspecified atom stereocenters. The van der Waals surface area contributed by atoms with E-state index in [9.17, 15) is 4.79 Å². The summed E-state index contributed by atoms with van der Waals surface area (Å²) in [5.41, 5.74) is 1.21. The number of aromatic nitrogens is 1. The Bertz CT molecular complexity index is 342. The van der Waals surface area contributed by atoms with Crippen molar-refractivity contribution >= 4 is 5.91 Å². The van der Waals surface area contributed by atoms with Crippen molar-refractivity contribution < 1.29 is 4.79 Å². The summed E-state index contributed by atoms with van der Waals surface area (Å²) < 4.78 is 1.92. The molecule has 0 atom stereocenters. The molecule has 0 aromatic carbocycles. The van der Waals surface area contributed by atoms with Gasteiger partial charge in [0.2, 0.25) is 5.91 Å². The predicted octanol–water partition coefficient (Wildman–Crippen LogP) is 1.07. The molecule has 1 rings (SSSR count). The van der Waals surface area contributed by atoms with Crippen LogP contribution in [0.4, 0.5) is 0 Å². The normalized spacial score (nSPS) is 10.8. The second kappa shape index (κ2) is 5.70. The zero-order chi connectivity index (χ0) is 12.1. The SMILES string of the molecule is CC(C)NCc1ccn(CC(=O)N(C)C)c1. The molecule has 16 heavy (non-hydrogen) atoms. The van der Waals surface area contributed by atoms with Gasteiger partial charge in [-0.05, 0) is 11.6 Å². The number of amides is 1. The van der Waals surface area contributed by atoms with Gasteiger partial charge in [0, 0.05) is 39.1 Å². The molecule has 0 saturated heterocycles. The number of hydrogen-bond donors (Lipinski definition) is 1. The molecule has 0 aliphatic carbocycles. The predicted molar refractivity (Wildman–Crippen MR) is 65.1 cm³/mol. The van der Waals surface area contributed by atoms with Gasteiger partial charge in [-0.1, -0.05) is 13.8 Å². The molecule has 1 heterocycles. The summed E-state index contributed by atoms with van der Waals surface area (Å²) in [4.78, 5) is 13.1. The highest BCUT2D eigenvalue weighted by atomic mass is 16.2. The Balaban J connectivity index is 2.48. The van der Waals surface area contributed by atoms with E-state index in [1.165, 1.54) is 5.56 Å². The van der Waals surface area contributed by atoms with Gasteiger partial charge in [0.05, 0.1) is 0 Å². The van der Waals surface area contributed by atoms with Crippen LogP contribution in [-0.4, -0.2) is 35.5 Å². The van der Waals surface area contributed by atoms with Crippen LogP contribution in [0.3, 0.4) is 0 Å². The standard InChI is InChI=1S/C12H21N3O/c1-10(2)13-7-11-5-6-15(8-11)9-12(16)14(3)4/h5-6,8,10,13H,7,9H2,1-4H3. The van der Waals surface area contributed by atoms with Gasteiger partial charge in [-0.15, -0.1) is 0 Å². The molecule has 0 bridgehead atoms. The first kappa shape index (κ1) is 12.8. The van der Waals surface area contributed by atoms with E-state index in [1.54, 1.807) is 19.0 Å². The lowest BCUT2D eigenvalue weighted by Gasteiger charge is -2.10. The third-order valence-corrected chi connectivity index (χ3v) is 2.34. The highest BCUT2D eigenvalue weighted by Crippen LogP contribution is 2.02. The van der Waals surface area contributed by atoms with Crippen LogP contribution in [0.25, 0.3) is 0 Å². The fourth-order valence-electron chi connectivity index (χ4n) is 1.31. The molecule has 90 valence electrons. The van der Waals surface area contributed by atoms with Crippen molar-refractivity contribution in [2.24, 2.45) is 0 Å². The van der Waals surface area contributed by atoms with Gasteiger partial charge in [-0.2, -0.15) is 0 Å². The number of likely N-dealkylation sites (N-methyl/N-ethyl adjacent to an activating group) is 1. The maximum absolute atomic E-state index is 11.5. The number of carbonyl (C=O) groups is 1. The minimum absolute atomic E-state index is 0.110.